The van der Waals surface area contributed by atoms with Crippen molar-refractivity contribution in [3.05, 3.63) is 35.4 Å². The molecule has 2 aromatic rings. The Labute approximate surface area is 213 Å². The number of nitrogens with zero attached hydrogens (tertiary/aromatic N) is 4. The molecule has 0 saturated carbocycles. The molecular formula is C22H37IN6O2S. The van der Waals surface area contributed by atoms with Crippen LogP contribution in [0.4, 0.5) is 0 Å². The molecule has 2 N–H and O–H groups in total. The van der Waals surface area contributed by atoms with E-state index in [0.29, 0.717) is 19.8 Å². The normalized spacial score (nSPS) is 11.1. The standard InChI is InChI=1S/C22H36N6O2S.HI/c1-6-29-19-10-9-18(15-20(19)30-7-2)11-13-24-22(23-12-8-14-31-5)25-16-21-27-26-17(3)28(21)4;/h9-10,15H,6-8,11-14,16H2,1-5H3,(H2,23,24,25);1H. The molecule has 0 bridgehead atoms. The van der Waals surface area contributed by atoms with Crippen LogP contribution in [0.15, 0.2) is 23.2 Å². The molecule has 0 fully saturated rings. The van der Waals surface area contributed by atoms with Crippen molar-refractivity contribution >= 4 is 41.7 Å². The molecule has 0 saturated heterocycles. The van der Waals surface area contributed by atoms with E-state index in [1.165, 1.54) is 5.56 Å². The summed E-state index contributed by atoms with van der Waals surface area (Å²) in [6.45, 7) is 9.24. The van der Waals surface area contributed by atoms with E-state index in [1.54, 1.807) is 0 Å². The van der Waals surface area contributed by atoms with Crippen molar-refractivity contribution < 1.29 is 9.47 Å². The first-order chi connectivity index (χ1) is 15.1. The van der Waals surface area contributed by atoms with Crippen LogP contribution in [0.25, 0.3) is 0 Å². The van der Waals surface area contributed by atoms with Crippen molar-refractivity contribution in [1.82, 2.24) is 25.4 Å². The number of ether oxygens (including phenoxy) is 2. The van der Waals surface area contributed by atoms with Crippen LogP contribution in [0.1, 0.15) is 37.5 Å². The van der Waals surface area contributed by atoms with E-state index in [2.05, 4.69) is 39.2 Å². The van der Waals surface area contributed by atoms with E-state index >= 15 is 0 Å². The van der Waals surface area contributed by atoms with Crippen molar-refractivity contribution in [1.29, 1.82) is 0 Å². The molecule has 2 rings (SSSR count). The second kappa shape index (κ2) is 16.0. The molecule has 0 aliphatic heterocycles. The number of hydrogen-bond acceptors (Lipinski definition) is 6. The first-order valence-corrected chi connectivity index (χ1v) is 12.2. The third kappa shape index (κ3) is 9.43. The van der Waals surface area contributed by atoms with Crippen LogP contribution in [0.5, 0.6) is 11.5 Å². The van der Waals surface area contributed by atoms with Gasteiger partial charge in [-0.15, -0.1) is 34.2 Å². The summed E-state index contributed by atoms with van der Waals surface area (Å²) in [4.78, 5) is 4.70. The first-order valence-electron chi connectivity index (χ1n) is 10.8. The number of hydrogen-bond donors (Lipinski definition) is 2. The predicted octanol–water partition coefficient (Wildman–Crippen LogP) is 3.57. The monoisotopic (exact) mass is 576 g/mol. The Morgan fingerprint density at radius 2 is 1.81 bits per heavy atom. The van der Waals surface area contributed by atoms with Crippen LogP contribution in [0, 0.1) is 6.92 Å². The second-order valence-corrected chi connectivity index (χ2v) is 7.97. The number of nitrogens with one attached hydrogen (secondary N) is 2. The average molecular weight is 577 g/mol. The summed E-state index contributed by atoms with van der Waals surface area (Å²) in [6, 6.07) is 6.12. The van der Waals surface area contributed by atoms with Gasteiger partial charge in [-0.2, -0.15) is 11.8 Å². The smallest absolute Gasteiger partial charge is 0.191 e. The summed E-state index contributed by atoms with van der Waals surface area (Å²) in [5, 5.41) is 15.2. The zero-order chi connectivity index (χ0) is 22.5. The molecule has 10 heteroatoms. The lowest BCUT2D eigenvalue weighted by molar-refractivity contribution is 0.287. The number of halogens is 1. The van der Waals surface area contributed by atoms with Crippen molar-refractivity contribution in [2.24, 2.45) is 12.0 Å². The molecule has 0 aliphatic carbocycles. The highest BCUT2D eigenvalue weighted by Gasteiger charge is 2.08. The van der Waals surface area contributed by atoms with Crippen LogP contribution in [-0.2, 0) is 20.0 Å². The van der Waals surface area contributed by atoms with Gasteiger partial charge in [-0.25, -0.2) is 4.99 Å². The maximum absolute atomic E-state index is 5.74. The largest absolute Gasteiger partial charge is 0.490 e. The van der Waals surface area contributed by atoms with Crippen molar-refractivity contribution in [3.8, 4) is 11.5 Å². The third-order valence-corrected chi connectivity index (χ3v) is 5.39. The van der Waals surface area contributed by atoms with E-state index in [4.69, 9.17) is 14.5 Å². The van der Waals surface area contributed by atoms with Gasteiger partial charge in [-0.1, -0.05) is 6.07 Å². The Hall–Kier alpha value is -1.69. The number of aliphatic imine (C=N–C) groups is 1. The van der Waals surface area contributed by atoms with E-state index in [9.17, 15) is 0 Å². The van der Waals surface area contributed by atoms with Gasteiger partial charge in [0, 0.05) is 20.1 Å². The summed E-state index contributed by atoms with van der Waals surface area (Å²) in [6.07, 6.45) is 4.06. The highest BCUT2D eigenvalue weighted by atomic mass is 127. The summed E-state index contributed by atoms with van der Waals surface area (Å²) >= 11 is 1.85. The maximum Gasteiger partial charge on any atom is 0.191 e. The zero-order valence-corrected chi connectivity index (χ0v) is 23.0. The van der Waals surface area contributed by atoms with Gasteiger partial charge in [-0.05, 0) is 63.3 Å². The van der Waals surface area contributed by atoms with Gasteiger partial charge >= 0.3 is 0 Å². The summed E-state index contributed by atoms with van der Waals surface area (Å²) in [7, 11) is 1.96. The fourth-order valence-corrected chi connectivity index (χ4v) is 3.35. The van der Waals surface area contributed by atoms with E-state index in [1.807, 2.05) is 50.2 Å². The van der Waals surface area contributed by atoms with Crippen molar-refractivity contribution in [2.45, 2.75) is 40.2 Å². The number of benzene rings is 1. The minimum Gasteiger partial charge on any atom is -0.490 e. The molecule has 1 aromatic heterocycles. The van der Waals surface area contributed by atoms with Gasteiger partial charge in [0.2, 0.25) is 0 Å². The molecule has 0 unspecified atom stereocenters. The van der Waals surface area contributed by atoms with Crippen molar-refractivity contribution in [2.75, 3.05) is 38.3 Å². The van der Waals surface area contributed by atoms with Gasteiger partial charge in [0.15, 0.2) is 23.3 Å². The Morgan fingerprint density at radius 3 is 2.47 bits per heavy atom. The Morgan fingerprint density at radius 1 is 1.09 bits per heavy atom. The lowest BCUT2D eigenvalue weighted by Gasteiger charge is -2.14. The molecule has 0 amide bonds. The number of guanidine groups is 1. The highest BCUT2D eigenvalue weighted by Crippen LogP contribution is 2.28. The van der Waals surface area contributed by atoms with Gasteiger partial charge < -0.3 is 24.7 Å². The van der Waals surface area contributed by atoms with Crippen LogP contribution in [-0.4, -0.2) is 59.0 Å². The van der Waals surface area contributed by atoms with Crippen LogP contribution >= 0.6 is 35.7 Å². The minimum atomic E-state index is 0. The van der Waals surface area contributed by atoms with E-state index in [-0.39, 0.29) is 24.0 Å². The number of rotatable bonds is 13. The molecule has 32 heavy (non-hydrogen) atoms. The summed E-state index contributed by atoms with van der Waals surface area (Å²) < 4.78 is 13.4. The SMILES string of the molecule is CCOc1ccc(CCNC(=NCc2nnc(C)n2C)NCCCSC)cc1OCC.I. The summed E-state index contributed by atoms with van der Waals surface area (Å²) in [5.74, 6) is 5.22. The minimum absolute atomic E-state index is 0. The van der Waals surface area contributed by atoms with Crippen molar-refractivity contribution in [3.63, 3.8) is 0 Å². The molecule has 8 nitrogen and oxygen atoms in total. The second-order valence-electron chi connectivity index (χ2n) is 6.98. The highest BCUT2D eigenvalue weighted by molar-refractivity contribution is 14.0. The number of thioether (sulfide) groups is 1. The molecule has 0 atom stereocenters. The molecule has 0 aliphatic rings. The Balaban J connectivity index is 0.00000512. The van der Waals surface area contributed by atoms with Crippen LogP contribution < -0.4 is 20.1 Å². The lowest BCUT2D eigenvalue weighted by Crippen LogP contribution is -2.39. The molecule has 1 aromatic carbocycles. The van der Waals surface area contributed by atoms with E-state index in [0.717, 1.165) is 60.8 Å². The zero-order valence-electron chi connectivity index (χ0n) is 19.8. The molecule has 0 radical (unpaired) electrons. The molecule has 1 heterocycles. The lowest BCUT2D eigenvalue weighted by atomic mass is 10.1. The van der Waals surface area contributed by atoms with Gasteiger partial charge in [0.1, 0.15) is 12.4 Å². The van der Waals surface area contributed by atoms with Gasteiger partial charge in [-0.3, -0.25) is 0 Å². The van der Waals surface area contributed by atoms with Gasteiger partial charge in [0.05, 0.1) is 13.2 Å². The predicted molar refractivity (Wildman–Crippen MR) is 144 cm³/mol. The fourth-order valence-electron chi connectivity index (χ4n) is 2.91. The molecular weight excluding hydrogens is 539 g/mol. The number of aryl methyl sites for hydroxylation is 1. The van der Waals surface area contributed by atoms with Crippen LogP contribution in [0.3, 0.4) is 0 Å². The topological polar surface area (TPSA) is 85.6 Å². The third-order valence-electron chi connectivity index (χ3n) is 4.69. The first kappa shape index (κ1) is 28.3. The van der Waals surface area contributed by atoms with Crippen LogP contribution in [0.2, 0.25) is 0 Å². The Bertz CT molecular complexity index is 831. The number of aromatic nitrogens is 3. The average Bonchev–Trinajstić information content (AvgIpc) is 3.08. The molecule has 180 valence electrons. The van der Waals surface area contributed by atoms with E-state index < -0.39 is 0 Å². The van der Waals surface area contributed by atoms with Gasteiger partial charge in [0.25, 0.3) is 0 Å². The fraction of sp³-hybridized carbons (Fsp3) is 0.591. The quantitative estimate of drug-likeness (QED) is 0.163. The summed E-state index contributed by atoms with van der Waals surface area (Å²) in [5.41, 5.74) is 1.19. The maximum atomic E-state index is 5.74. The Kier molecular flexibility index (Phi) is 14.2. The molecule has 0 spiro atoms.